The average Bonchev–Trinajstić information content (AvgIpc) is 2.72. The van der Waals surface area contributed by atoms with Crippen LogP contribution in [0.3, 0.4) is 0 Å². The fourth-order valence-electron chi connectivity index (χ4n) is 3.51. The van der Waals surface area contributed by atoms with Crippen molar-refractivity contribution in [1.29, 1.82) is 0 Å². The van der Waals surface area contributed by atoms with Crippen LogP contribution in [0.25, 0.3) is 0 Å². The number of amides is 1. The minimum atomic E-state index is 0.0112. The summed E-state index contributed by atoms with van der Waals surface area (Å²) in [7, 11) is 1.65. The fourth-order valence-corrected chi connectivity index (χ4v) is 3.79. The number of piperazine rings is 1. The molecular weight excluding hydrogens is 390 g/mol. The molecule has 2 aromatic rings. The Morgan fingerprint density at radius 3 is 2.34 bits per heavy atom. The second-order valence-electron chi connectivity index (χ2n) is 7.48. The Bertz CT molecular complexity index is 805. The van der Waals surface area contributed by atoms with Gasteiger partial charge in [0.2, 0.25) is 0 Å². The van der Waals surface area contributed by atoms with E-state index in [-0.39, 0.29) is 5.91 Å². The van der Waals surface area contributed by atoms with Gasteiger partial charge < -0.3 is 24.6 Å². The molecule has 1 fully saturated rings. The number of benzene rings is 2. The van der Waals surface area contributed by atoms with Gasteiger partial charge in [0.05, 0.1) is 17.8 Å². The van der Waals surface area contributed by atoms with E-state index in [0.29, 0.717) is 23.9 Å². The third-order valence-corrected chi connectivity index (χ3v) is 5.57. The highest BCUT2D eigenvalue weighted by molar-refractivity contribution is 6.33. The second kappa shape index (κ2) is 10.5. The van der Waals surface area contributed by atoms with Gasteiger partial charge in [0.1, 0.15) is 50.8 Å². The number of ether oxygens (including phenoxy) is 2. The number of quaternary nitrogens is 2. The molecule has 2 aromatic carbocycles. The van der Waals surface area contributed by atoms with Gasteiger partial charge in [-0.05, 0) is 48.9 Å². The van der Waals surface area contributed by atoms with Gasteiger partial charge in [0.15, 0.2) is 6.54 Å². The van der Waals surface area contributed by atoms with Crippen LogP contribution in [0.2, 0.25) is 5.02 Å². The summed E-state index contributed by atoms with van der Waals surface area (Å²) in [4.78, 5) is 15.2. The van der Waals surface area contributed by atoms with Gasteiger partial charge in [-0.3, -0.25) is 4.79 Å². The highest BCUT2D eigenvalue weighted by Gasteiger charge is 2.24. The number of carbonyl (C=O) groups excluding carboxylic acids is 1. The lowest BCUT2D eigenvalue weighted by Crippen LogP contribution is -3.28. The first-order valence-electron chi connectivity index (χ1n) is 10.0. The van der Waals surface area contributed by atoms with Gasteiger partial charge in [-0.2, -0.15) is 0 Å². The normalized spacial score (nSPS) is 18.9. The Morgan fingerprint density at radius 1 is 1.03 bits per heavy atom. The molecule has 0 saturated carbocycles. The average molecular weight is 420 g/mol. The summed E-state index contributed by atoms with van der Waals surface area (Å²) in [6.07, 6.45) is 0. The monoisotopic (exact) mass is 419 g/mol. The summed E-state index contributed by atoms with van der Waals surface area (Å²) >= 11 is 6.20. The molecule has 0 unspecified atom stereocenters. The molecule has 0 aliphatic carbocycles. The third-order valence-electron chi connectivity index (χ3n) is 5.26. The van der Waals surface area contributed by atoms with Gasteiger partial charge in [-0.15, -0.1) is 0 Å². The molecule has 0 bridgehead atoms. The van der Waals surface area contributed by atoms with Crippen molar-refractivity contribution in [2.24, 2.45) is 0 Å². The number of rotatable bonds is 8. The van der Waals surface area contributed by atoms with Crippen molar-refractivity contribution in [3.8, 4) is 11.5 Å². The van der Waals surface area contributed by atoms with E-state index in [1.165, 1.54) is 9.80 Å². The van der Waals surface area contributed by atoms with E-state index in [1.54, 1.807) is 7.11 Å². The van der Waals surface area contributed by atoms with Gasteiger partial charge in [0.25, 0.3) is 5.91 Å². The summed E-state index contributed by atoms with van der Waals surface area (Å²) in [6, 6.07) is 13.3. The second-order valence-corrected chi connectivity index (χ2v) is 7.89. The van der Waals surface area contributed by atoms with Gasteiger partial charge >= 0.3 is 0 Å². The summed E-state index contributed by atoms with van der Waals surface area (Å²) in [5.74, 6) is 1.70. The summed E-state index contributed by atoms with van der Waals surface area (Å²) in [5.41, 5.74) is 1.76. The number of carbonyl (C=O) groups is 1. The van der Waals surface area contributed by atoms with E-state index in [4.69, 9.17) is 21.1 Å². The van der Waals surface area contributed by atoms with Gasteiger partial charge in [-0.1, -0.05) is 17.7 Å². The number of methoxy groups -OCH3 is 1. The van der Waals surface area contributed by atoms with Crippen molar-refractivity contribution >= 4 is 23.2 Å². The van der Waals surface area contributed by atoms with Crippen molar-refractivity contribution < 1.29 is 24.1 Å². The molecule has 0 aromatic heterocycles. The van der Waals surface area contributed by atoms with Gasteiger partial charge in [-0.25, -0.2) is 0 Å². The molecule has 6 nitrogen and oxygen atoms in total. The molecule has 3 N–H and O–H groups in total. The molecule has 0 radical (unpaired) electrons. The maximum absolute atomic E-state index is 12.3. The smallest absolute Gasteiger partial charge is 0.279 e. The van der Waals surface area contributed by atoms with Crippen LogP contribution in [0.5, 0.6) is 11.5 Å². The molecule has 156 valence electrons. The van der Waals surface area contributed by atoms with E-state index in [9.17, 15) is 4.79 Å². The van der Waals surface area contributed by atoms with E-state index in [0.717, 1.165) is 49.8 Å². The van der Waals surface area contributed by atoms with Crippen molar-refractivity contribution in [2.45, 2.75) is 6.92 Å². The molecule has 1 heterocycles. The maximum atomic E-state index is 12.3. The zero-order valence-electron chi connectivity index (χ0n) is 17.1. The molecule has 0 spiro atoms. The minimum Gasteiger partial charge on any atom is -0.497 e. The quantitative estimate of drug-likeness (QED) is 0.582. The predicted octanol–water partition coefficient (Wildman–Crippen LogP) is 0.458. The zero-order valence-corrected chi connectivity index (χ0v) is 17.8. The lowest BCUT2D eigenvalue weighted by Gasteiger charge is -2.29. The molecule has 1 amide bonds. The highest BCUT2D eigenvalue weighted by atomic mass is 35.5. The third kappa shape index (κ3) is 6.63. The van der Waals surface area contributed by atoms with E-state index >= 15 is 0 Å². The molecule has 1 aliphatic rings. The summed E-state index contributed by atoms with van der Waals surface area (Å²) in [6.45, 7) is 8.14. The zero-order chi connectivity index (χ0) is 20.6. The SMILES string of the molecule is COc1ccc(OCC[NH+]2CC[NH+](CC(=O)Nc3ccc(C)cc3Cl)CC2)cc1. The molecular formula is C22H30ClN3O3+2. The van der Waals surface area contributed by atoms with Crippen LogP contribution < -0.4 is 24.6 Å². The highest BCUT2D eigenvalue weighted by Crippen LogP contribution is 2.22. The van der Waals surface area contributed by atoms with Crippen molar-refractivity contribution in [1.82, 2.24) is 0 Å². The number of halogens is 1. The van der Waals surface area contributed by atoms with E-state index in [2.05, 4.69) is 5.32 Å². The van der Waals surface area contributed by atoms with Crippen molar-refractivity contribution in [3.05, 3.63) is 53.1 Å². The standard InChI is InChI=1S/C22H28ClN3O3/c1-17-3-8-21(20(23)15-17)24-22(27)16-26-11-9-25(10-12-26)13-14-29-19-6-4-18(28-2)5-7-19/h3-8,15H,9-14,16H2,1-2H3,(H,24,27)/p+2. The van der Waals surface area contributed by atoms with Crippen LogP contribution in [-0.2, 0) is 4.79 Å². The fraction of sp³-hybridized carbons (Fsp3) is 0.409. The van der Waals surface area contributed by atoms with Crippen LogP contribution in [-0.4, -0.2) is 58.9 Å². The summed E-state index contributed by atoms with van der Waals surface area (Å²) in [5, 5.41) is 3.51. The predicted molar refractivity (Wildman–Crippen MR) is 114 cm³/mol. The molecule has 3 rings (SSSR count). The Balaban J connectivity index is 1.34. The first-order chi connectivity index (χ1) is 14.0. The van der Waals surface area contributed by atoms with E-state index in [1.807, 2.05) is 49.4 Å². The number of hydrogen-bond donors (Lipinski definition) is 3. The van der Waals surface area contributed by atoms with Gasteiger partial charge in [0, 0.05) is 0 Å². The number of anilines is 1. The number of aryl methyl sites for hydroxylation is 1. The molecule has 1 aliphatic heterocycles. The Hall–Kier alpha value is -2.28. The largest absolute Gasteiger partial charge is 0.497 e. The minimum absolute atomic E-state index is 0.0112. The molecule has 1 saturated heterocycles. The van der Waals surface area contributed by atoms with Crippen molar-refractivity contribution in [2.75, 3.05) is 58.3 Å². The Labute approximate surface area is 177 Å². The van der Waals surface area contributed by atoms with Crippen LogP contribution in [0, 0.1) is 6.92 Å². The summed E-state index contributed by atoms with van der Waals surface area (Å²) < 4.78 is 11.0. The van der Waals surface area contributed by atoms with E-state index < -0.39 is 0 Å². The first-order valence-corrected chi connectivity index (χ1v) is 10.4. The lowest BCUT2D eigenvalue weighted by atomic mass is 10.2. The number of nitrogens with one attached hydrogen (secondary N) is 3. The molecule has 29 heavy (non-hydrogen) atoms. The first kappa shape index (κ1) is 21.4. The van der Waals surface area contributed by atoms with Crippen LogP contribution >= 0.6 is 11.6 Å². The molecule has 7 heteroatoms. The topological polar surface area (TPSA) is 56.4 Å². The Morgan fingerprint density at radius 2 is 1.69 bits per heavy atom. The van der Waals surface area contributed by atoms with Crippen LogP contribution in [0.4, 0.5) is 5.69 Å². The van der Waals surface area contributed by atoms with Crippen LogP contribution in [0.1, 0.15) is 5.56 Å². The Kier molecular flexibility index (Phi) is 7.75. The molecule has 0 atom stereocenters. The van der Waals surface area contributed by atoms with Crippen LogP contribution in [0.15, 0.2) is 42.5 Å². The number of hydrogen-bond acceptors (Lipinski definition) is 3. The lowest BCUT2D eigenvalue weighted by molar-refractivity contribution is -1.01. The maximum Gasteiger partial charge on any atom is 0.279 e. The van der Waals surface area contributed by atoms with Crippen molar-refractivity contribution in [3.63, 3.8) is 0 Å².